The topological polar surface area (TPSA) is 9.23 Å². The molecule has 0 radical (unpaired) electrons. The van der Waals surface area contributed by atoms with E-state index in [0.717, 1.165) is 37.8 Å². The zero-order chi connectivity index (χ0) is 24.9. The third-order valence-corrected chi connectivity index (χ3v) is 7.33. The second-order valence-electron chi connectivity index (χ2n) is 9.61. The molecule has 0 N–H and O–H groups in total. The summed E-state index contributed by atoms with van der Waals surface area (Å²) in [6.07, 6.45) is 12.3. The van der Waals surface area contributed by atoms with E-state index in [9.17, 15) is 17.6 Å². The maximum absolute atomic E-state index is 14.9. The van der Waals surface area contributed by atoms with Crippen LogP contribution in [0, 0.1) is 52.9 Å². The number of fused-ring (bicyclic) bond motifs is 1. The van der Waals surface area contributed by atoms with Crippen molar-refractivity contribution in [2.45, 2.75) is 51.4 Å². The molecule has 5 heteroatoms. The lowest BCUT2D eigenvalue weighted by atomic mass is 9.64. The molecule has 2 aliphatic carbocycles. The van der Waals surface area contributed by atoms with Crippen molar-refractivity contribution >= 4 is 0 Å². The fourth-order valence-electron chi connectivity index (χ4n) is 5.67. The van der Waals surface area contributed by atoms with Crippen LogP contribution in [-0.2, 0) is 0 Å². The van der Waals surface area contributed by atoms with Crippen LogP contribution in [0.4, 0.5) is 17.6 Å². The standard InChI is InChI=1S/C30H30F4O/c1-3-5-19-6-8-22-16-23(10-9-21(22)13-19)24-17-26(31)25(27(32)18-24)11-7-20-14-28(33)30(29(34)15-20)35-12-4-2/h3-5,14-15,17-19,21-23H,2,6,8-10,12-13,16H2,1H3/b5-3+. The van der Waals surface area contributed by atoms with E-state index in [1.54, 1.807) is 0 Å². The summed E-state index contributed by atoms with van der Waals surface area (Å²) in [5.41, 5.74) is 0.225. The lowest BCUT2D eigenvalue weighted by molar-refractivity contribution is 0.133. The summed E-state index contributed by atoms with van der Waals surface area (Å²) in [4.78, 5) is 0. The average molecular weight is 483 g/mol. The molecule has 0 spiro atoms. The molecule has 2 aliphatic rings. The average Bonchev–Trinajstić information content (AvgIpc) is 2.83. The van der Waals surface area contributed by atoms with Crippen LogP contribution < -0.4 is 4.74 Å². The Hall–Kier alpha value is -3.00. The molecule has 0 saturated heterocycles. The zero-order valence-corrected chi connectivity index (χ0v) is 19.9. The lowest BCUT2D eigenvalue weighted by Gasteiger charge is -2.41. The van der Waals surface area contributed by atoms with Crippen LogP contribution in [0.1, 0.15) is 68.1 Å². The van der Waals surface area contributed by atoms with Crippen LogP contribution >= 0.6 is 0 Å². The molecule has 4 unspecified atom stereocenters. The summed E-state index contributed by atoms with van der Waals surface area (Å²) in [6, 6.07) is 4.69. The highest BCUT2D eigenvalue weighted by atomic mass is 19.1. The van der Waals surface area contributed by atoms with Crippen LogP contribution in [-0.4, -0.2) is 6.61 Å². The minimum atomic E-state index is -0.942. The number of allylic oxidation sites excluding steroid dienone is 2. The molecule has 0 aliphatic heterocycles. The third-order valence-electron chi connectivity index (χ3n) is 7.33. The normalized spacial score (nSPS) is 23.9. The highest BCUT2D eigenvalue weighted by molar-refractivity contribution is 5.47. The highest BCUT2D eigenvalue weighted by Gasteiger charge is 2.35. The van der Waals surface area contributed by atoms with Gasteiger partial charge in [-0.05, 0) is 98.9 Å². The largest absolute Gasteiger partial charge is 0.483 e. The quantitative estimate of drug-likeness (QED) is 0.238. The summed E-state index contributed by atoms with van der Waals surface area (Å²) in [6.45, 7) is 5.44. The Morgan fingerprint density at radius 1 is 0.886 bits per heavy atom. The van der Waals surface area contributed by atoms with Crippen molar-refractivity contribution in [2.75, 3.05) is 6.61 Å². The van der Waals surface area contributed by atoms with Crippen molar-refractivity contribution in [2.24, 2.45) is 17.8 Å². The van der Waals surface area contributed by atoms with Gasteiger partial charge in [0.1, 0.15) is 18.2 Å². The SMILES string of the molecule is C=CCOc1c(F)cc(C#Cc2c(F)cc(C3CCC4CC(/C=C/C)CCC4C3)cc2F)cc1F. The number of hydrogen-bond acceptors (Lipinski definition) is 1. The Kier molecular flexibility index (Phi) is 8.00. The first-order valence-electron chi connectivity index (χ1n) is 12.3. The van der Waals surface area contributed by atoms with E-state index < -0.39 is 34.6 Å². The van der Waals surface area contributed by atoms with E-state index in [4.69, 9.17) is 4.74 Å². The maximum atomic E-state index is 14.9. The summed E-state index contributed by atoms with van der Waals surface area (Å²) in [5, 5.41) is 0. The van der Waals surface area contributed by atoms with E-state index in [0.29, 0.717) is 23.3 Å². The van der Waals surface area contributed by atoms with Crippen molar-refractivity contribution in [1.29, 1.82) is 0 Å². The summed E-state index contributed by atoms with van der Waals surface area (Å²) in [7, 11) is 0. The minimum absolute atomic E-state index is 0.0410. The lowest BCUT2D eigenvalue weighted by Crippen LogP contribution is -2.30. The van der Waals surface area contributed by atoms with Crippen LogP contribution in [0.15, 0.2) is 49.1 Å². The van der Waals surface area contributed by atoms with Crippen LogP contribution in [0.5, 0.6) is 5.75 Å². The Labute approximate surface area is 204 Å². The monoisotopic (exact) mass is 482 g/mol. The van der Waals surface area contributed by atoms with Gasteiger partial charge in [0.2, 0.25) is 0 Å². The molecule has 0 aromatic heterocycles. The molecule has 2 saturated carbocycles. The van der Waals surface area contributed by atoms with Crippen molar-refractivity contribution in [3.63, 3.8) is 0 Å². The second-order valence-corrected chi connectivity index (χ2v) is 9.61. The Bertz CT molecular complexity index is 1130. The minimum Gasteiger partial charge on any atom is -0.483 e. The second kappa shape index (κ2) is 11.2. The van der Waals surface area contributed by atoms with Gasteiger partial charge in [-0.15, -0.1) is 0 Å². The predicted molar refractivity (Wildman–Crippen MR) is 130 cm³/mol. The van der Waals surface area contributed by atoms with Crippen LogP contribution in [0.2, 0.25) is 0 Å². The number of halogens is 4. The third kappa shape index (κ3) is 5.81. The van der Waals surface area contributed by atoms with Gasteiger partial charge in [-0.25, -0.2) is 17.6 Å². The van der Waals surface area contributed by atoms with Gasteiger partial charge in [0, 0.05) is 5.56 Å². The van der Waals surface area contributed by atoms with Crippen molar-refractivity contribution in [1.82, 2.24) is 0 Å². The number of hydrogen-bond donors (Lipinski definition) is 0. The van der Waals surface area contributed by atoms with Gasteiger partial charge >= 0.3 is 0 Å². The van der Waals surface area contributed by atoms with Crippen molar-refractivity contribution in [3.8, 4) is 17.6 Å². The van der Waals surface area contributed by atoms with Crippen molar-refractivity contribution < 1.29 is 22.3 Å². The maximum Gasteiger partial charge on any atom is 0.191 e. The smallest absolute Gasteiger partial charge is 0.191 e. The van der Waals surface area contributed by atoms with Crippen molar-refractivity contribution in [3.05, 3.63) is 89.0 Å². The molecule has 35 heavy (non-hydrogen) atoms. The number of ether oxygens (including phenoxy) is 1. The predicted octanol–water partition coefficient (Wildman–Crippen LogP) is 8.08. The van der Waals surface area contributed by atoms with Crippen LogP contribution in [0.3, 0.4) is 0 Å². The van der Waals surface area contributed by atoms with E-state index in [1.165, 1.54) is 31.1 Å². The van der Waals surface area contributed by atoms with E-state index in [-0.39, 0.29) is 18.1 Å². The number of benzene rings is 2. The summed E-state index contributed by atoms with van der Waals surface area (Å²) in [5.74, 6) is 3.03. The molecule has 0 amide bonds. The fourth-order valence-corrected chi connectivity index (χ4v) is 5.67. The molecular formula is C30H30F4O. The molecule has 4 atom stereocenters. The van der Waals surface area contributed by atoms with Gasteiger partial charge < -0.3 is 4.74 Å². The highest BCUT2D eigenvalue weighted by Crippen LogP contribution is 2.48. The zero-order valence-electron chi connectivity index (χ0n) is 19.9. The van der Waals surface area contributed by atoms with Crippen LogP contribution in [0.25, 0.3) is 0 Å². The van der Waals surface area contributed by atoms with Gasteiger partial charge in [-0.3, -0.25) is 0 Å². The Morgan fingerprint density at radius 3 is 2.20 bits per heavy atom. The van der Waals surface area contributed by atoms with Gasteiger partial charge in [-0.2, -0.15) is 0 Å². The molecule has 0 bridgehead atoms. The first-order valence-corrected chi connectivity index (χ1v) is 12.3. The molecule has 0 heterocycles. The molecule has 2 aromatic carbocycles. The van der Waals surface area contributed by atoms with E-state index in [1.807, 2.05) is 0 Å². The summed E-state index contributed by atoms with van der Waals surface area (Å²) >= 11 is 0. The van der Waals surface area contributed by atoms with E-state index in [2.05, 4.69) is 37.5 Å². The van der Waals surface area contributed by atoms with E-state index >= 15 is 0 Å². The molecule has 1 nitrogen and oxygen atoms in total. The van der Waals surface area contributed by atoms with Gasteiger partial charge in [-0.1, -0.05) is 36.6 Å². The molecular weight excluding hydrogens is 452 g/mol. The Morgan fingerprint density at radius 2 is 1.54 bits per heavy atom. The molecule has 2 fully saturated rings. The first kappa shape index (κ1) is 25.1. The van der Waals surface area contributed by atoms with Gasteiger partial charge in [0.25, 0.3) is 0 Å². The Balaban J connectivity index is 1.49. The number of rotatable bonds is 5. The van der Waals surface area contributed by atoms with Gasteiger partial charge in [0.15, 0.2) is 17.4 Å². The summed E-state index contributed by atoms with van der Waals surface area (Å²) < 4.78 is 63.0. The van der Waals surface area contributed by atoms with Gasteiger partial charge in [0.05, 0.1) is 5.56 Å². The molecule has 4 rings (SSSR count). The first-order chi connectivity index (χ1) is 16.9. The fraction of sp³-hybridized carbons (Fsp3) is 0.400. The molecule has 184 valence electrons. The molecule has 2 aromatic rings.